The van der Waals surface area contributed by atoms with Crippen molar-refractivity contribution in [1.29, 1.82) is 0 Å². The summed E-state index contributed by atoms with van der Waals surface area (Å²) >= 11 is 2.38. The minimum Gasteiger partial charge on any atom is -0.418 e. The van der Waals surface area contributed by atoms with Gasteiger partial charge in [-0.2, -0.15) is 0 Å². The van der Waals surface area contributed by atoms with Crippen LogP contribution in [0.4, 0.5) is 17.3 Å². The summed E-state index contributed by atoms with van der Waals surface area (Å²) < 4.78 is 40.3. The molecule has 0 saturated heterocycles. The summed E-state index contributed by atoms with van der Waals surface area (Å²) in [6.07, 6.45) is 0. The number of hydrogen-bond donors (Lipinski definition) is 0. The van der Waals surface area contributed by atoms with Gasteiger partial charge in [0, 0.05) is 3.57 Å². The van der Waals surface area contributed by atoms with Gasteiger partial charge in [-0.3, -0.25) is 0 Å². The lowest BCUT2D eigenvalue weighted by Crippen LogP contribution is -2.02. The van der Waals surface area contributed by atoms with Crippen LogP contribution in [0.25, 0.3) is 11.1 Å². The normalized spacial score (nSPS) is 10.6. The fraction of sp³-hybridized carbons (Fsp3) is 0.0769. The van der Waals surface area contributed by atoms with Gasteiger partial charge in [-0.05, 0) is 46.7 Å². The molecule has 0 aliphatic rings. The summed E-state index contributed by atoms with van der Waals surface area (Å²) in [5.41, 5.74) is 3.93. The van der Waals surface area contributed by atoms with Crippen molar-refractivity contribution >= 4 is 29.8 Å². The summed E-state index contributed by atoms with van der Waals surface area (Å²) in [6, 6.07) is 17.0. The third-order valence-electron chi connectivity index (χ3n) is 2.21. The first kappa shape index (κ1) is 16.0. The molecule has 19 heavy (non-hydrogen) atoms. The average Bonchev–Trinajstić information content (AvgIpc) is 2.31. The Labute approximate surface area is 123 Å². The van der Waals surface area contributed by atoms with Crippen molar-refractivity contribution in [2.75, 3.05) is 0 Å². The van der Waals surface area contributed by atoms with Gasteiger partial charge in [0.15, 0.2) is 0 Å². The highest BCUT2D eigenvalue weighted by molar-refractivity contribution is 14.1. The Bertz CT molecular complexity index is 520. The van der Waals surface area contributed by atoms with E-state index in [1.54, 1.807) is 0 Å². The van der Waals surface area contributed by atoms with Crippen molar-refractivity contribution in [3.63, 3.8) is 0 Å². The van der Waals surface area contributed by atoms with E-state index in [2.05, 4.69) is 72.0 Å². The van der Waals surface area contributed by atoms with Crippen LogP contribution in [0.3, 0.4) is 0 Å². The van der Waals surface area contributed by atoms with Crippen molar-refractivity contribution in [1.82, 2.24) is 0 Å². The highest BCUT2D eigenvalue weighted by Crippen LogP contribution is 2.25. The first-order valence-electron chi connectivity index (χ1n) is 5.46. The Kier molecular flexibility index (Phi) is 5.84. The lowest BCUT2D eigenvalue weighted by molar-refractivity contribution is 0.368. The van der Waals surface area contributed by atoms with Crippen LogP contribution in [-0.2, 0) is 0 Å². The predicted octanol–water partition coefficient (Wildman–Crippen LogP) is 5.57. The summed E-state index contributed by atoms with van der Waals surface area (Å²) in [6.45, 7) is 2.13. The van der Waals surface area contributed by atoms with Crippen LogP contribution in [0.5, 0.6) is 0 Å². The first-order valence-corrected chi connectivity index (χ1v) is 6.54. The molecule has 0 radical (unpaired) electrons. The van der Waals surface area contributed by atoms with Gasteiger partial charge in [0.05, 0.1) is 0 Å². The highest BCUT2D eigenvalue weighted by atomic mass is 127. The van der Waals surface area contributed by atoms with Gasteiger partial charge in [-0.15, -0.1) is 0 Å². The van der Waals surface area contributed by atoms with Crippen LogP contribution in [-0.4, -0.2) is 7.25 Å². The van der Waals surface area contributed by atoms with Crippen molar-refractivity contribution < 1.29 is 17.3 Å². The molecule has 0 unspecified atom stereocenters. The smallest absolute Gasteiger partial charge is 0.418 e. The lowest BCUT2D eigenvalue weighted by Gasteiger charge is -2.05. The zero-order chi connectivity index (χ0) is 14.5. The molecule has 0 fully saturated rings. The molecule has 0 amide bonds. The second-order valence-corrected chi connectivity index (χ2v) is 5.01. The number of halogens is 5. The van der Waals surface area contributed by atoms with Crippen molar-refractivity contribution in [2.24, 2.45) is 0 Å². The molecule has 102 valence electrons. The summed E-state index contributed by atoms with van der Waals surface area (Å²) in [4.78, 5) is 0. The molecule has 2 rings (SSSR count). The van der Waals surface area contributed by atoms with Gasteiger partial charge in [0.1, 0.15) is 0 Å². The van der Waals surface area contributed by atoms with Crippen LogP contribution in [0, 0.1) is 10.5 Å². The molecule has 0 atom stereocenters. The fourth-order valence-corrected chi connectivity index (χ4v) is 2.12. The Morgan fingerprint density at radius 2 is 1.42 bits per heavy atom. The van der Waals surface area contributed by atoms with E-state index in [0.717, 1.165) is 0 Å². The SMILES string of the molecule is Cc1ccc(I)c(-c2ccccc2)c1.F[B-](F)(F)F. The molecular formula is C13H11BF4I-. The number of rotatable bonds is 1. The number of hydrogen-bond acceptors (Lipinski definition) is 0. The molecule has 0 spiro atoms. The van der Waals surface area contributed by atoms with Crippen molar-refractivity contribution in [3.05, 3.63) is 57.7 Å². The molecule has 0 aliphatic heterocycles. The quantitative estimate of drug-likeness (QED) is 0.345. The van der Waals surface area contributed by atoms with Crippen LogP contribution in [0.15, 0.2) is 48.5 Å². The molecular weight excluding hydrogens is 370 g/mol. The van der Waals surface area contributed by atoms with E-state index in [1.165, 1.54) is 20.3 Å². The van der Waals surface area contributed by atoms with Crippen molar-refractivity contribution in [2.45, 2.75) is 6.92 Å². The average molecular weight is 381 g/mol. The van der Waals surface area contributed by atoms with Gasteiger partial charge in [-0.1, -0.05) is 48.0 Å². The monoisotopic (exact) mass is 381 g/mol. The van der Waals surface area contributed by atoms with Gasteiger partial charge < -0.3 is 17.3 Å². The zero-order valence-corrected chi connectivity index (χ0v) is 12.2. The van der Waals surface area contributed by atoms with Crippen LogP contribution in [0.1, 0.15) is 5.56 Å². The molecule has 0 N–H and O–H groups in total. The van der Waals surface area contributed by atoms with Crippen molar-refractivity contribution in [3.8, 4) is 11.1 Å². The summed E-state index contributed by atoms with van der Waals surface area (Å²) in [7, 11) is -6.00. The summed E-state index contributed by atoms with van der Waals surface area (Å²) in [5, 5.41) is 0. The molecule has 0 heterocycles. The number of aryl methyl sites for hydroxylation is 1. The van der Waals surface area contributed by atoms with E-state index < -0.39 is 7.25 Å². The molecule has 0 aromatic heterocycles. The largest absolute Gasteiger partial charge is 0.673 e. The molecule has 0 nitrogen and oxygen atoms in total. The maximum Gasteiger partial charge on any atom is 0.673 e. The molecule has 6 heteroatoms. The second kappa shape index (κ2) is 6.93. The molecule has 0 bridgehead atoms. The first-order chi connectivity index (χ1) is 8.77. The molecule has 0 aliphatic carbocycles. The van der Waals surface area contributed by atoms with E-state index in [9.17, 15) is 17.3 Å². The second-order valence-electron chi connectivity index (χ2n) is 3.84. The van der Waals surface area contributed by atoms with Crippen LogP contribution >= 0.6 is 22.6 Å². The minimum atomic E-state index is -6.00. The van der Waals surface area contributed by atoms with Gasteiger partial charge in [0.25, 0.3) is 0 Å². The third kappa shape index (κ3) is 6.61. The number of benzene rings is 2. The van der Waals surface area contributed by atoms with E-state index in [-0.39, 0.29) is 0 Å². The Morgan fingerprint density at radius 3 is 1.95 bits per heavy atom. The van der Waals surface area contributed by atoms with Gasteiger partial charge in [0.2, 0.25) is 0 Å². The predicted molar refractivity (Wildman–Crippen MR) is 79.5 cm³/mol. The van der Waals surface area contributed by atoms with E-state index in [1.807, 2.05) is 6.07 Å². The Morgan fingerprint density at radius 1 is 0.895 bits per heavy atom. The van der Waals surface area contributed by atoms with E-state index in [0.29, 0.717) is 0 Å². The lowest BCUT2D eigenvalue weighted by atomic mass is 10.0. The Hall–Kier alpha value is -1.05. The highest BCUT2D eigenvalue weighted by Gasteiger charge is 2.20. The standard InChI is InChI=1S/C13H11I.BF4/c1-10-7-8-13(14)12(9-10)11-5-3-2-4-6-11;2-1(3,4)5/h2-9H,1H3;/q;-1. The topological polar surface area (TPSA) is 0 Å². The minimum absolute atomic E-state index is 1.29. The molecule has 2 aromatic carbocycles. The third-order valence-corrected chi connectivity index (χ3v) is 3.15. The van der Waals surface area contributed by atoms with Crippen LogP contribution in [0.2, 0.25) is 0 Å². The maximum atomic E-state index is 9.75. The van der Waals surface area contributed by atoms with E-state index in [4.69, 9.17) is 0 Å². The molecule has 2 aromatic rings. The van der Waals surface area contributed by atoms with E-state index >= 15 is 0 Å². The Balaban J connectivity index is 0.000000312. The molecule has 0 saturated carbocycles. The summed E-state index contributed by atoms with van der Waals surface area (Å²) in [5.74, 6) is 0. The fourth-order valence-electron chi connectivity index (χ4n) is 1.48. The van der Waals surface area contributed by atoms with Gasteiger partial charge in [-0.25, -0.2) is 0 Å². The zero-order valence-electron chi connectivity index (χ0n) is 10.1. The maximum absolute atomic E-state index is 9.75. The van der Waals surface area contributed by atoms with Gasteiger partial charge >= 0.3 is 7.25 Å². The van der Waals surface area contributed by atoms with Crippen LogP contribution < -0.4 is 0 Å².